The van der Waals surface area contributed by atoms with Gasteiger partial charge in [-0.05, 0) is 72.1 Å². The summed E-state index contributed by atoms with van der Waals surface area (Å²) in [5.41, 5.74) is 4.19. The predicted molar refractivity (Wildman–Crippen MR) is 142 cm³/mol. The average molecular weight is 526 g/mol. The molecular weight excluding hydrogens is 491 g/mol. The third-order valence-corrected chi connectivity index (χ3v) is 6.65. The first kappa shape index (κ1) is 29.0. The molecule has 0 heterocycles. The van der Waals surface area contributed by atoms with Crippen molar-refractivity contribution >= 4 is 11.9 Å². The Hall–Kier alpha value is -3.61. The Morgan fingerprint density at radius 3 is 1.71 bits per heavy atom. The zero-order valence-corrected chi connectivity index (χ0v) is 21.6. The summed E-state index contributed by atoms with van der Waals surface area (Å²) in [5, 5.41) is 11.4. The lowest BCUT2D eigenvalue weighted by atomic mass is 9.96. The number of aliphatic carboxylic acids is 1. The van der Waals surface area contributed by atoms with Crippen LogP contribution in [0.15, 0.2) is 72.8 Å². The zero-order valence-electron chi connectivity index (χ0n) is 21.6. The van der Waals surface area contributed by atoms with Crippen LogP contribution in [0.3, 0.4) is 0 Å². The van der Waals surface area contributed by atoms with E-state index < -0.39 is 29.7 Å². The highest BCUT2D eigenvalue weighted by molar-refractivity contribution is 6.31. The number of amides is 1. The van der Waals surface area contributed by atoms with Crippen molar-refractivity contribution in [1.29, 1.82) is 0 Å². The molecule has 0 aliphatic heterocycles. The highest BCUT2D eigenvalue weighted by atomic mass is 19.4. The van der Waals surface area contributed by atoms with Crippen molar-refractivity contribution in [2.45, 2.75) is 70.5 Å². The van der Waals surface area contributed by atoms with Gasteiger partial charge in [0.1, 0.15) is 0 Å². The molecule has 1 amide bonds. The van der Waals surface area contributed by atoms with Gasteiger partial charge in [0.05, 0.1) is 11.6 Å². The van der Waals surface area contributed by atoms with Gasteiger partial charge in [0, 0.05) is 0 Å². The van der Waals surface area contributed by atoms with Crippen molar-refractivity contribution in [3.63, 3.8) is 0 Å². The lowest BCUT2D eigenvalue weighted by Gasteiger charge is -2.19. The van der Waals surface area contributed by atoms with E-state index >= 15 is 0 Å². The molecule has 7 heteroatoms. The van der Waals surface area contributed by atoms with Crippen molar-refractivity contribution in [1.82, 2.24) is 5.32 Å². The zero-order chi connectivity index (χ0) is 27.5. The van der Waals surface area contributed by atoms with Gasteiger partial charge in [0.2, 0.25) is 0 Å². The second-order valence-electron chi connectivity index (χ2n) is 9.60. The fraction of sp³-hybridized carbons (Fsp3) is 0.355. The molecule has 38 heavy (non-hydrogen) atoms. The molecule has 0 saturated heterocycles. The Labute approximate surface area is 221 Å². The first-order valence-corrected chi connectivity index (χ1v) is 13.0. The molecule has 1 unspecified atom stereocenters. The van der Waals surface area contributed by atoms with Crippen LogP contribution < -0.4 is 5.32 Å². The van der Waals surface area contributed by atoms with Gasteiger partial charge in [0.15, 0.2) is 0 Å². The molecule has 0 fully saturated rings. The minimum Gasteiger partial charge on any atom is -0.474 e. The summed E-state index contributed by atoms with van der Waals surface area (Å²) in [5.74, 6) is -2.86. The number of carbonyl (C=O) groups is 2. The van der Waals surface area contributed by atoms with Crippen LogP contribution in [0, 0.1) is 0 Å². The number of hydrogen-bond acceptors (Lipinski definition) is 2. The van der Waals surface area contributed by atoms with Gasteiger partial charge < -0.3 is 10.4 Å². The fourth-order valence-electron chi connectivity index (χ4n) is 4.37. The number of unbranched alkanes of at least 4 members (excludes halogenated alkanes) is 3. The summed E-state index contributed by atoms with van der Waals surface area (Å²) in [6, 6.07) is 20.2. The minimum atomic E-state index is -4.48. The van der Waals surface area contributed by atoms with E-state index in [1.807, 2.05) is 24.3 Å². The Balaban J connectivity index is 1.60. The van der Waals surface area contributed by atoms with Gasteiger partial charge in [-0.3, -0.25) is 4.79 Å². The van der Waals surface area contributed by atoms with Crippen molar-refractivity contribution < 1.29 is 27.9 Å². The summed E-state index contributed by atoms with van der Waals surface area (Å²) < 4.78 is 38.8. The molecular formula is C31H34F3NO3. The molecule has 202 valence electrons. The Morgan fingerprint density at radius 2 is 1.24 bits per heavy atom. The van der Waals surface area contributed by atoms with Gasteiger partial charge in [-0.25, -0.2) is 4.79 Å². The SMILES string of the molecule is CCCCCCc1ccc(CCc2ccc(CC(NC(=O)C(=O)O)c3ccc(C(F)(F)F)cc3)cc2)cc1. The molecule has 3 rings (SSSR count). The van der Waals surface area contributed by atoms with Crippen LogP contribution in [0.4, 0.5) is 13.2 Å². The van der Waals surface area contributed by atoms with Crippen LogP contribution in [0.1, 0.15) is 72.0 Å². The largest absolute Gasteiger partial charge is 0.474 e. The standard InChI is InChI=1S/C31H34F3NO3/c1-2-3-4-5-6-22-7-9-23(10-8-22)11-12-24-13-15-25(16-14-24)21-28(35-29(36)30(37)38)26-17-19-27(20-18-26)31(32,33)34/h7-10,13-20,28H,2-6,11-12,21H2,1H3,(H,35,36)(H,37,38). The molecule has 3 aromatic rings. The van der Waals surface area contributed by atoms with E-state index in [0.717, 1.165) is 42.5 Å². The van der Waals surface area contributed by atoms with Crippen LogP contribution >= 0.6 is 0 Å². The molecule has 0 saturated carbocycles. The molecule has 0 aromatic heterocycles. The number of carbonyl (C=O) groups excluding carboxylic acids is 1. The van der Waals surface area contributed by atoms with Crippen molar-refractivity contribution in [2.24, 2.45) is 0 Å². The minimum absolute atomic E-state index is 0.240. The second kappa shape index (κ2) is 13.8. The maximum atomic E-state index is 12.9. The third-order valence-electron chi connectivity index (χ3n) is 6.65. The molecule has 0 aliphatic rings. The smallest absolute Gasteiger partial charge is 0.416 e. The van der Waals surface area contributed by atoms with E-state index in [1.54, 1.807) is 0 Å². The summed E-state index contributed by atoms with van der Waals surface area (Å²) in [6.45, 7) is 2.21. The van der Waals surface area contributed by atoms with Crippen LogP contribution in [0.5, 0.6) is 0 Å². The topological polar surface area (TPSA) is 66.4 Å². The summed E-state index contributed by atoms with van der Waals surface area (Å²) in [4.78, 5) is 22.9. The van der Waals surface area contributed by atoms with Crippen molar-refractivity contribution in [2.75, 3.05) is 0 Å². The van der Waals surface area contributed by atoms with E-state index in [9.17, 15) is 22.8 Å². The number of benzene rings is 3. The van der Waals surface area contributed by atoms with Gasteiger partial charge in [-0.1, -0.05) is 86.8 Å². The quantitative estimate of drug-likeness (QED) is 0.196. The normalized spacial score (nSPS) is 12.2. The first-order valence-electron chi connectivity index (χ1n) is 13.0. The Morgan fingerprint density at radius 1 is 0.737 bits per heavy atom. The lowest BCUT2D eigenvalue weighted by molar-refractivity contribution is -0.150. The van der Waals surface area contributed by atoms with E-state index in [4.69, 9.17) is 5.11 Å². The van der Waals surface area contributed by atoms with E-state index in [-0.39, 0.29) is 6.42 Å². The summed E-state index contributed by atoms with van der Waals surface area (Å²) >= 11 is 0. The average Bonchev–Trinajstić information content (AvgIpc) is 2.90. The van der Waals surface area contributed by atoms with Gasteiger partial charge in [-0.15, -0.1) is 0 Å². The molecule has 2 N–H and O–H groups in total. The highest BCUT2D eigenvalue weighted by Crippen LogP contribution is 2.30. The van der Waals surface area contributed by atoms with Crippen LogP contribution in [-0.4, -0.2) is 17.0 Å². The molecule has 3 aromatic carbocycles. The molecule has 0 bridgehead atoms. The summed E-state index contributed by atoms with van der Waals surface area (Å²) in [6.07, 6.45) is 3.64. The molecule has 1 atom stereocenters. The first-order chi connectivity index (χ1) is 18.2. The maximum Gasteiger partial charge on any atom is 0.416 e. The van der Waals surface area contributed by atoms with Gasteiger partial charge in [0.25, 0.3) is 0 Å². The van der Waals surface area contributed by atoms with Crippen LogP contribution in [0.25, 0.3) is 0 Å². The monoisotopic (exact) mass is 525 g/mol. The number of rotatable bonds is 12. The number of carboxylic acids is 1. The number of halogens is 3. The maximum absolute atomic E-state index is 12.9. The lowest BCUT2D eigenvalue weighted by Crippen LogP contribution is -2.35. The number of nitrogens with one attached hydrogen (secondary N) is 1. The molecule has 4 nitrogen and oxygen atoms in total. The van der Waals surface area contributed by atoms with Crippen LogP contribution in [-0.2, 0) is 41.4 Å². The van der Waals surface area contributed by atoms with E-state index in [1.165, 1.54) is 48.9 Å². The Bertz CT molecular complexity index is 1170. The number of carboxylic acid groups (broad SMARTS) is 1. The second-order valence-corrected chi connectivity index (χ2v) is 9.60. The van der Waals surface area contributed by atoms with Gasteiger partial charge in [-0.2, -0.15) is 13.2 Å². The van der Waals surface area contributed by atoms with Gasteiger partial charge >= 0.3 is 18.1 Å². The predicted octanol–water partition coefficient (Wildman–Crippen LogP) is 7.10. The fourth-order valence-corrected chi connectivity index (χ4v) is 4.37. The van der Waals surface area contributed by atoms with Crippen molar-refractivity contribution in [3.8, 4) is 0 Å². The number of alkyl halides is 3. The third kappa shape index (κ3) is 9.05. The highest BCUT2D eigenvalue weighted by Gasteiger charge is 2.30. The van der Waals surface area contributed by atoms with E-state index in [0.29, 0.717) is 5.56 Å². The number of hydrogen-bond donors (Lipinski definition) is 2. The van der Waals surface area contributed by atoms with Crippen LogP contribution in [0.2, 0.25) is 0 Å². The Kier molecular flexibility index (Phi) is 10.5. The number of aryl methyl sites for hydroxylation is 3. The molecule has 0 aliphatic carbocycles. The van der Waals surface area contributed by atoms with E-state index in [2.05, 4.69) is 36.5 Å². The molecule has 0 spiro atoms. The van der Waals surface area contributed by atoms with Crippen molar-refractivity contribution in [3.05, 3.63) is 106 Å². The summed E-state index contributed by atoms with van der Waals surface area (Å²) in [7, 11) is 0. The molecule has 0 radical (unpaired) electrons.